The van der Waals surface area contributed by atoms with E-state index < -0.39 is 0 Å². The summed E-state index contributed by atoms with van der Waals surface area (Å²) in [5, 5.41) is 0. The lowest BCUT2D eigenvalue weighted by Crippen LogP contribution is -2.29. The van der Waals surface area contributed by atoms with Crippen LogP contribution in [0.1, 0.15) is 47.5 Å². The number of allylic oxidation sites excluding steroid dienone is 2. The average molecular weight is 220 g/mol. The molecule has 2 bridgehead atoms. The van der Waals surface area contributed by atoms with Crippen LogP contribution in [0.3, 0.4) is 0 Å². The fourth-order valence-electron chi connectivity index (χ4n) is 3.76. The SMILES string of the molecule is CC1=C[C@]2(C(C)C)C[C@H](C1=O)[C@H](C(C)C)C2. The van der Waals surface area contributed by atoms with Crippen LogP contribution in [0.15, 0.2) is 11.6 Å². The van der Waals surface area contributed by atoms with Crippen LogP contribution < -0.4 is 0 Å². The fraction of sp³-hybridized carbons (Fsp3) is 0.800. The molecule has 2 aliphatic rings. The van der Waals surface area contributed by atoms with E-state index in [0.717, 1.165) is 12.0 Å². The fourth-order valence-corrected chi connectivity index (χ4v) is 3.76. The molecule has 1 heteroatoms. The zero-order chi connectivity index (χ0) is 12.1. The Morgan fingerprint density at radius 2 is 1.88 bits per heavy atom. The molecule has 16 heavy (non-hydrogen) atoms. The van der Waals surface area contributed by atoms with Crippen LogP contribution in [-0.2, 0) is 4.79 Å². The van der Waals surface area contributed by atoms with Gasteiger partial charge in [-0.2, -0.15) is 0 Å². The summed E-state index contributed by atoms with van der Waals surface area (Å²) in [6.07, 6.45) is 4.61. The lowest BCUT2D eigenvalue weighted by Gasteiger charge is -2.33. The standard InChI is InChI=1S/C15H24O/c1-9(2)12-7-15(10(3)4)6-11(5)14(16)13(12)8-15/h6,9-10,12-13H,7-8H2,1-5H3/t12-,13-,15+/m0/s1. The number of rotatable bonds is 2. The highest BCUT2D eigenvalue weighted by Gasteiger charge is 2.52. The molecule has 1 nitrogen and oxygen atoms in total. The number of hydrogen-bond donors (Lipinski definition) is 0. The summed E-state index contributed by atoms with van der Waals surface area (Å²) < 4.78 is 0. The quantitative estimate of drug-likeness (QED) is 0.691. The van der Waals surface area contributed by atoms with Crippen LogP contribution >= 0.6 is 0 Å². The predicted octanol–water partition coefficient (Wildman–Crippen LogP) is 3.84. The van der Waals surface area contributed by atoms with E-state index in [2.05, 4.69) is 33.8 Å². The molecule has 3 atom stereocenters. The maximum absolute atomic E-state index is 12.2. The first-order valence-corrected chi connectivity index (χ1v) is 6.61. The van der Waals surface area contributed by atoms with Crippen LogP contribution in [0.5, 0.6) is 0 Å². The summed E-state index contributed by atoms with van der Waals surface area (Å²) in [7, 11) is 0. The monoisotopic (exact) mass is 220 g/mol. The van der Waals surface area contributed by atoms with Gasteiger partial charge in [-0.1, -0.05) is 33.8 Å². The molecular formula is C15H24O. The average Bonchev–Trinajstić information content (AvgIpc) is 2.52. The van der Waals surface area contributed by atoms with Gasteiger partial charge < -0.3 is 0 Å². The van der Waals surface area contributed by atoms with Crippen LogP contribution in [0.25, 0.3) is 0 Å². The van der Waals surface area contributed by atoms with E-state index in [9.17, 15) is 4.79 Å². The molecule has 0 unspecified atom stereocenters. The molecule has 0 amide bonds. The minimum atomic E-state index is 0.312. The number of carbonyl (C=O) groups excluding carboxylic acids is 1. The molecule has 2 rings (SSSR count). The van der Waals surface area contributed by atoms with Gasteiger partial charge in [0.2, 0.25) is 0 Å². The molecule has 0 radical (unpaired) electrons. The van der Waals surface area contributed by atoms with Gasteiger partial charge in [-0.25, -0.2) is 0 Å². The number of ketones is 1. The highest BCUT2D eigenvalue weighted by molar-refractivity contribution is 5.98. The van der Waals surface area contributed by atoms with Gasteiger partial charge in [0, 0.05) is 5.92 Å². The third kappa shape index (κ3) is 1.56. The number of fused-ring (bicyclic) bond motifs is 2. The number of hydrogen-bond acceptors (Lipinski definition) is 1. The Balaban J connectivity index is 2.40. The predicted molar refractivity (Wildman–Crippen MR) is 67.1 cm³/mol. The molecule has 1 fully saturated rings. The Bertz CT molecular complexity index is 337. The summed E-state index contributed by atoms with van der Waals surface area (Å²) in [6.45, 7) is 11.1. The first kappa shape index (κ1) is 11.9. The largest absolute Gasteiger partial charge is 0.294 e. The smallest absolute Gasteiger partial charge is 0.161 e. The molecular weight excluding hydrogens is 196 g/mol. The molecule has 0 aromatic rings. The Morgan fingerprint density at radius 3 is 2.38 bits per heavy atom. The molecule has 0 N–H and O–H groups in total. The maximum atomic E-state index is 12.2. The molecule has 0 aliphatic heterocycles. The minimum Gasteiger partial charge on any atom is -0.294 e. The zero-order valence-corrected chi connectivity index (χ0v) is 11.2. The Hall–Kier alpha value is -0.590. The first-order chi connectivity index (χ1) is 7.37. The van der Waals surface area contributed by atoms with Crippen molar-refractivity contribution in [2.75, 3.05) is 0 Å². The van der Waals surface area contributed by atoms with E-state index in [1.807, 2.05) is 6.92 Å². The molecule has 1 saturated carbocycles. The molecule has 0 aromatic heterocycles. The van der Waals surface area contributed by atoms with Gasteiger partial charge in [0.15, 0.2) is 5.78 Å². The van der Waals surface area contributed by atoms with E-state index in [4.69, 9.17) is 0 Å². The Morgan fingerprint density at radius 1 is 1.25 bits per heavy atom. The van der Waals surface area contributed by atoms with Crippen molar-refractivity contribution in [3.8, 4) is 0 Å². The minimum absolute atomic E-state index is 0.312. The third-order valence-corrected chi connectivity index (χ3v) is 4.97. The normalized spacial score (nSPS) is 38.4. The Labute approximate surface area is 99.3 Å². The van der Waals surface area contributed by atoms with E-state index >= 15 is 0 Å². The summed E-state index contributed by atoms with van der Waals surface area (Å²) in [6, 6.07) is 0. The van der Waals surface area contributed by atoms with Gasteiger partial charge in [0.25, 0.3) is 0 Å². The third-order valence-electron chi connectivity index (χ3n) is 4.97. The van der Waals surface area contributed by atoms with Crippen molar-refractivity contribution in [3.63, 3.8) is 0 Å². The van der Waals surface area contributed by atoms with Crippen molar-refractivity contribution in [3.05, 3.63) is 11.6 Å². The van der Waals surface area contributed by atoms with Gasteiger partial charge in [-0.3, -0.25) is 4.79 Å². The van der Waals surface area contributed by atoms with E-state index in [1.165, 1.54) is 6.42 Å². The second-order valence-corrected chi connectivity index (χ2v) is 6.50. The first-order valence-electron chi connectivity index (χ1n) is 6.61. The van der Waals surface area contributed by atoms with Crippen molar-refractivity contribution in [2.45, 2.75) is 47.5 Å². The molecule has 2 aliphatic carbocycles. The van der Waals surface area contributed by atoms with Crippen LogP contribution in [0.4, 0.5) is 0 Å². The van der Waals surface area contributed by atoms with Gasteiger partial charge in [0.1, 0.15) is 0 Å². The topological polar surface area (TPSA) is 17.1 Å². The molecule has 0 heterocycles. The van der Waals surface area contributed by atoms with Crippen molar-refractivity contribution in [1.29, 1.82) is 0 Å². The lowest BCUT2D eigenvalue weighted by atomic mass is 9.70. The van der Waals surface area contributed by atoms with Crippen molar-refractivity contribution >= 4 is 5.78 Å². The molecule has 0 aromatic carbocycles. The van der Waals surface area contributed by atoms with Crippen LogP contribution in [-0.4, -0.2) is 5.78 Å². The summed E-state index contributed by atoms with van der Waals surface area (Å²) in [5.41, 5.74) is 1.34. The van der Waals surface area contributed by atoms with Crippen LogP contribution in [0, 0.1) is 29.1 Å². The van der Waals surface area contributed by atoms with Crippen molar-refractivity contribution in [1.82, 2.24) is 0 Å². The van der Waals surface area contributed by atoms with E-state index in [-0.39, 0.29) is 0 Å². The van der Waals surface area contributed by atoms with Gasteiger partial charge in [-0.05, 0) is 48.5 Å². The van der Waals surface area contributed by atoms with Crippen molar-refractivity contribution < 1.29 is 4.79 Å². The second kappa shape index (κ2) is 3.72. The summed E-state index contributed by atoms with van der Waals surface area (Å²) in [4.78, 5) is 12.2. The summed E-state index contributed by atoms with van der Waals surface area (Å²) in [5.74, 6) is 2.62. The van der Waals surface area contributed by atoms with E-state index in [1.54, 1.807) is 0 Å². The van der Waals surface area contributed by atoms with Crippen LogP contribution in [0.2, 0.25) is 0 Å². The van der Waals surface area contributed by atoms with Crippen molar-refractivity contribution in [2.24, 2.45) is 29.1 Å². The maximum Gasteiger partial charge on any atom is 0.161 e. The number of Topliss-reactive ketones (excluding diaryl/α,β-unsaturated/α-hetero) is 1. The van der Waals surface area contributed by atoms with E-state index in [0.29, 0.717) is 34.9 Å². The van der Waals surface area contributed by atoms with Gasteiger partial charge in [0.05, 0.1) is 0 Å². The number of carbonyl (C=O) groups is 1. The zero-order valence-electron chi connectivity index (χ0n) is 11.2. The molecule has 0 saturated heterocycles. The highest BCUT2D eigenvalue weighted by Crippen LogP contribution is 2.57. The highest BCUT2D eigenvalue weighted by atomic mass is 16.1. The molecule has 0 spiro atoms. The lowest BCUT2D eigenvalue weighted by molar-refractivity contribution is -0.121. The summed E-state index contributed by atoms with van der Waals surface area (Å²) >= 11 is 0. The second-order valence-electron chi connectivity index (χ2n) is 6.50. The Kier molecular flexibility index (Phi) is 2.76. The molecule has 90 valence electrons. The van der Waals surface area contributed by atoms with Gasteiger partial charge >= 0.3 is 0 Å². The van der Waals surface area contributed by atoms with Gasteiger partial charge in [-0.15, -0.1) is 0 Å².